The van der Waals surface area contributed by atoms with Crippen molar-refractivity contribution in [3.63, 3.8) is 0 Å². The molecule has 2 aromatic rings. The van der Waals surface area contributed by atoms with Gasteiger partial charge in [-0.25, -0.2) is 15.6 Å². The van der Waals surface area contributed by atoms with Gasteiger partial charge in [-0.3, -0.25) is 5.43 Å². The second-order valence-corrected chi connectivity index (χ2v) is 3.16. The Morgan fingerprint density at radius 2 is 2.33 bits per heavy atom. The summed E-state index contributed by atoms with van der Waals surface area (Å²) in [5.74, 6) is 4.95. The van der Waals surface area contributed by atoms with Gasteiger partial charge in [0, 0.05) is 12.7 Å². The van der Waals surface area contributed by atoms with Gasteiger partial charge in [-0.2, -0.15) is 0 Å². The summed E-state index contributed by atoms with van der Waals surface area (Å²) in [4.78, 5) is 15.1. The molecule has 0 aliphatic rings. The van der Waals surface area contributed by atoms with Gasteiger partial charge in [-0.05, 0) is 18.2 Å². The number of amides is 2. The van der Waals surface area contributed by atoms with Gasteiger partial charge in [0.2, 0.25) is 0 Å². The predicted octanol–water partition coefficient (Wildman–Crippen LogP) is 0.568. The van der Waals surface area contributed by atoms with E-state index < -0.39 is 6.03 Å². The summed E-state index contributed by atoms with van der Waals surface area (Å²) in [6.07, 6.45) is 1.72. The fourth-order valence-corrected chi connectivity index (χ4v) is 1.38. The maximum Gasteiger partial charge on any atom is 0.333 e. The van der Waals surface area contributed by atoms with Crippen LogP contribution in [0.25, 0.3) is 11.0 Å². The monoisotopic (exact) mass is 205 g/mol. The number of hydrogen-bond donors (Lipinski definition) is 3. The average Bonchev–Trinajstić information content (AvgIpc) is 2.60. The lowest BCUT2D eigenvalue weighted by molar-refractivity contribution is 0.252. The number of imidazole rings is 1. The molecule has 6 heteroatoms. The second-order valence-electron chi connectivity index (χ2n) is 3.16. The first-order valence-electron chi connectivity index (χ1n) is 4.39. The summed E-state index contributed by atoms with van der Waals surface area (Å²) in [5.41, 5.74) is 4.48. The van der Waals surface area contributed by atoms with Crippen LogP contribution in [0.3, 0.4) is 0 Å². The highest BCUT2D eigenvalue weighted by molar-refractivity contribution is 5.91. The lowest BCUT2D eigenvalue weighted by Crippen LogP contribution is -2.34. The third-order valence-corrected chi connectivity index (χ3v) is 2.11. The van der Waals surface area contributed by atoms with E-state index in [9.17, 15) is 4.79 Å². The standard InChI is InChI=1S/C9H11N5O/c1-14-5-11-7-4-6(2-3-8(7)14)12-9(15)13-10/h2-5H,10H2,1H3,(H2,12,13,15). The fraction of sp³-hybridized carbons (Fsp3) is 0.111. The van der Waals surface area contributed by atoms with Gasteiger partial charge >= 0.3 is 6.03 Å². The molecule has 6 nitrogen and oxygen atoms in total. The van der Waals surface area contributed by atoms with Crippen LogP contribution in [-0.4, -0.2) is 15.6 Å². The van der Waals surface area contributed by atoms with Gasteiger partial charge in [-0.15, -0.1) is 0 Å². The highest BCUT2D eigenvalue weighted by Gasteiger charge is 2.02. The number of urea groups is 1. The number of benzene rings is 1. The molecule has 0 aliphatic carbocycles. The Hall–Kier alpha value is -2.08. The Morgan fingerprint density at radius 1 is 1.53 bits per heavy atom. The van der Waals surface area contributed by atoms with Gasteiger partial charge in [-0.1, -0.05) is 0 Å². The van der Waals surface area contributed by atoms with Crippen molar-refractivity contribution in [3.8, 4) is 0 Å². The molecule has 0 aliphatic heterocycles. The second kappa shape index (κ2) is 3.58. The van der Waals surface area contributed by atoms with E-state index >= 15 is 0 Å². The van der Waals surface area contributed by atoms with E-state index in [1.807, 2.05) is 23.1 Å². The van der Waals surface area contributed by atoms with Crippen molar-refractivity contribution in [2.24, 2.45) is 12.9 Å². The molecule has 1 heterocycles. The molecule has 0 fully saturated rings. The molecule has 0 spiro atoms. The third-order valence-electron chi connectivity index (χ3n) is 2.11. The maximum absolute atomic E-state index is 10.9. The molecular weight excluding hydrogens is 194 g/mol. The molecule has 1 aromatic carbocycles. The number of aromatic nitrogens is 2. The zero-order valence-electron chi connectivity index (χ0n) is 8.19. The SMILES string of the molecule is Cn1cnc2cc(NC(=O)NN)ccc21. The van der Waals surface area contributed by atoms with Crippen molar-refractivity contribution < 1.29 is 4.79 Å². The number of nitrogens with two attached hydrogens (primary N) is 1. The Morgan fingerprint density at radius 3 is 3.07 bits per heavy atom. The van der Waals surface area contributed by atoms with Gasteiger partial charge < -0.3 is 9.88 Å². The number of rotatable bonds is 1. The zero-order valence-corrected chi connectivity index (χ0v) is 8.19. The van der Waals surface area contributed by atoms with Crippen LogP contribution >= 0.6 is 0 Å². The first-order chi connectivity index (χ1) is 7.20. The molecule has 78 valence electrons. The molecule has 4 N–H and O–H groups in total. The topological polar surface area (TPSA) is 85.0 Å². The van der Waals surface area contributed by atoms with Crippen LogP contribution in [0, 0.1) is 0 Å². The van der Waals surface area contributed by atoms with Crippen molar-refractivity contribution in [1.29, 1.82) is 0 Å². The van der Waals surface area contributed by atoms with Crippen LogP contribution in [0.15, 0.2) is 24.5 Å². The van der Waals surface area contributed by atoms with Crippen LogP contribution in [-0.2, 0) is 7.05 Å². The first-order valence-corrected chi connectivity index (χ1v) is 4.39. The summed E-state index contributed by atoms with van der Waals surface area (Å²) in [6, 6.07) is 5.00. The molecule has 0 atom stereocenters. The van der Waals surface area contributed by atoms with Crippen LogP contribution in [0.5, 0.6) is 0 Å². The summed E-state index contributed by atoms with van der Waals surface area (Å²) in [5, 5.41) is 2.57. The van der Waals surface area contributed by atoms with Crippen LogP contribution < -0.4 is 16.6 Å². The quantitative estimate of drug-likeness (QED) is 0.361. The Balaban J connectivity index is 2.35. The number of anilines is 1. The maximum atomic E-state index is 10.9. The Labute approximate surface area is 86.1 Å². The van der Waals surface area contributed by atoms with Crippen molar-refractivity contribution >= 4 is 22.8 Å². The largest absolute Gasteiger partial charge is 0.334 e. The lowest BCUT2D eigenvalue weighted by atomic mass is 10.3. The van der Waals surface area contributed by atoms with Crippen molar-refractivity contribution in [2.45, 2.75) is 0 Å². The minimum absolute atomic E-state index is 0.453. The fourth-order valence-electron chi connectivity index (χ4n) is 1.38. The van der Waals surface area contributed by atoms with Gasteiger partial charge in [0.25, 0.3) is 0 Å². The van der Waals surface area contributed by atoms with Crippen LogP contribution in [0.4, 0.5) is 10.5 Å². The number of nitrogens with one attached hydrogen (secondary N) is 2. The number of carbonyl (C=O) groups excluding carboxylic acids is 1. The molecule has 2 rings (SSSR count). The van der Waals surface area contributed by atoms with E-state index in [1.54, 1.807) is 18.5 Å². The van der Waals surface area contributed by atoms with Crippen molar-refractivity contribution in [1.82, 2.24) is 15.0 Å². The molecule has 0 saturated carbocycles. The van der Waals surface area contributed by atoms with E-state index in [2.05, 4.69) is 10.3 Å². The van der Waals surface area contributed by atoms with E-state index in [0.717, 1.165) is 11.0 Å². The minimum atomic E-state index is -0.453. The number of hydrazine groups is 1. The zero-order chi connectivity index (χ0) is 10.8. The van der Waals surface area contributed by atoms with Gasteiger partial charge in [0.15, 0.2) is 0 Å². The predicted molar refractivity (Wildman–Crippen MR) is 57.1 cm³/mol. The third kappa shape index (κ3) is 1.75. The van der Waals surface area contributed by atoms with E-state index in [0.29, 0.717) is 5.69 Å². The number of carbonyl (C=O) groups is 1. The van der Waals surface area contributed by atoms with Gasteiger partial charge in [0.05, 0.1) is 17.4 Å². The molecule has 1 aromatic heterocycles. The smallest absolute Gasteiger partial charge is 0.333 e. The lowest BCUT2D eigenvalue weighted by Gasteiger charge is -2.03. The van der Waals surface area contributed by atoms with Gasteiger partial charge in [0.1, 0.15) is 0 Å². The van der Waals surface area contributed by atoms with Crippen LogP contribution in [0.1, 0.15) is 0 Å². The molecular formula is C9H11N5O. The van der Waals surface area contributed by atoms with Crippen LogP contribution in [0.2, 0.25) is 0 Å². The molecule has 2 amide bonds. The minimum Gasteiger partial charge on any atom is -0.334 e. The van der Waals surface area contributed by atoms with E-state index in [-0.39, 0.29) is 0 Å². The average molecular weight is 205 g/mol. The Kier molecular flexibility index (Phi) is 2.26. The first kappa shape index (κ1) is 9.47. The number of fused-ring (bicyclic) bond motifs is 1. The summed E-state index contributed by atoms with van der Waals surface area (Å²) in [7, 11) is 1.91. The molecule has 0 bridgehead atoms. The molecule has 0 unspecified atom stereocenters. The number of hydrogen-bond acceptors (Lipinski definition) is 3. The number of aryl methyl sites for hydroxylation is 1. The summed E-state index contributed by atoms with van der Waals surface area (Å²) in [6.45, 7) is 0. The highest BCUT2D eigenvalue weighted by Crippen LogP contribution is 2.16. The highest BCUT2D eigenvalue weighted by atomic mass is 16.2. The van der Waals surface area contributed by atoms with Crippen molar-refractivity contribution in [2.75, 3.05) is 5.32 Å². The summed E-state index contributed by atoms with van der Waals surface area (Å²) >= 11 is 0. The van der Waals surface area contributed by atoms with Crippen molar-refractivity contribution in [3.05, 3.63) is 24.5 Å². The molecule has 0 saturated heterocycles. The Bertz CT molecular complexity index is 504. The number of nitrogens with zero attached hydrogens (tertiary/aromatic N) is 2. The molecule has 15 heavy (non-hydrogen) atoms. The van der Waals surface area contributed by atoms with E-state index in [1.165, 1.54) is 0 Å². The summed E-state index contributed by atoms with van der Waals surface area (Å²) < 4.78 is 1.90. The normalized spacial score (nSPS) is 10.3. The molecule has 0 radical (unpaired) electrons. The van der Waals surface area contributed by atoms with E-state index in [4.69, 9.17) is 5.84 Å².